The van der Waals surface area contributed by atoms with E-state index < -0.39 is 10.0 Å². The normalized spacial score (nSPS) is 42.2. The van der Waals surface area contributed by atoms with Crippen molar-refractivity contribution in [2.45, 2.75) is 51.8 Å². The molecular formula is C15H15Br2NO4S. The summed E-state index contributed by atoms with van der Waals surface area (Å²) in [6.07, 6.45) is 4.06. The van der Waals surface area contributed by atoms with Gasteiger partial charge in [-0.15, -0.1) is 0 Å². The highest BCUT2D eigenvalue weighted by atomic mass is 79.9. The minimum absolute atomic E-state index is 0.00266. The topological polar surface area (TPSA) is 55.8 Å². The molecule has 1 unspecified atom stereocenters. The Morgan fingerprint density at radius 2 is 1.91 bits per heavy atom. The highest BCUT2D eigenvalue weighted by molar-refractivity contribution is 9.12. The third kappa shape index (κ3) is 1.64. The summed E-state index contributed by atoms with van der Waals surface area (Å²) in [6, 6.07) is 3.56. The van der Waals surface area contributed by atoms with Crippen LogP contribution in [-0.4, -0.2) is 35.3 Å². The molecule has 5 atom stereocenters. The van der Waals surface area contributed by atoms with Crippen LogP contribution in [-0.2, 0) is 15.4 Å². The fourth-order valence-electron chi connectivity index (χ4n) is 4.78. The summed E-state index contributed by atoms with van der Waals surface area (Å²) in [7, 11) is -3.55. The van der Waals surface area contributed by atoms with E-state index in [9.17, 15) is 8.42 Å². The second-order valence-corrected chi connectivity index (χ2v) is 10.3. The lowest BCUT2D eigenvalue weighted by molar-refractivity contribution is 0.173. The monoisotopic (exact) mass is 463 g/mol. The Bertz CT molecular complexity index is 814. The van der Waals surface area contributed by atoms with Gasteiger partial charge in [0.2, 0.25) is 16.8 Å². The number of benzene rings is 1. The first-order chi connectivity index (χ1) is 11.0. The lowest BCUT2D eigenvalue weighted by Crippen LogP contribution is -2.53. The van der Waals surface area contributed by atoms with Crippen LogP contribution in [0.25, 0.3) is 0 Å². The zero-order valence-corrected chi connectivity index (χ0v) is 16.2. The van der Waals surface area contributed by atoms with E-state index in [0.29, 0.717) is 16.4 Å². The van der Waals surface area contributed by atoms with Crippen molar-refractivity contribution in [3.8, 4) is 11.5 Å². The van der Waals surface area contributed by atoms with Crippen LogP contribution in [0.15, 0.2) is 17.0 Å². The van der Waals surface area contributed by atoms with E-state index in [1.165, 1.54) is 0 Å². The molecule has 2 bridgehead atoms. The lowest BCUT2D eigenvalue weighted by Gasteiger charge is -2.47. The van der Waals surface area contributed by atoms with Crippen LogP contribution in [0.4, 0.5) is 0 Å². The number of ether oxygens (including phenoxy) is 2. The summed E-state index contributed by atoms with van der Waals surface area (Å²) in [4.78, 5) is 0.183. The van der Waals surface area contributed by atoms with Crippen molar-refractivity contribution in [2.24, 2.45) is 0 Å². The molecule has 3 aliphatic heterocycles. The third-order valence-electron chi connectivity index (χ3n) is 5.73. The molecule has 5 nitrogen and oxygen atoms in total. The summed E-state index contributed by atoms with van der Waals surface area (Å²) < 4.78 is 39.1. The average Bonchev–Trinajstić information content (AvgIpc) is 3.07. The van der Waals surface area contributed by atoms with Crippen molar-refractivity contribution in [2.75, 3.05) is 6.79 Å². The van der Waals surface area contributed by atoms with Crippen LogP contribution < -0.4 is 9.47 Å². The van der Waals surface area contributed by atoms with E-state index in [-0.39, 0.29) is 28.0 Å². The van der Waals surface area contributed by atoms with E-state index in [4.69, 9.17) is 9.47 Å². The van der Waals surface area contributed by atoms with Crippen molar-refractivity contribution in [3.63, 3.8) is 0 Å². The van der Waals surface area contributed by atoms with Gasteiger partial charge in [-0.25, -0.2) is 8.42 Å². The number of rotatable bonds is 0. The largest absolute Gasteiger partial charge is 0.454 e. The van der Waals surface area contributed by atoms with Crippen molar-refractivity contribution in [1.82, 2.24) is 4.31 Å². The second kappa shape index (κ2) is 4.65. The summed E-state index contributed by atoms with van der Waals surface area (Å²) in [5.74, 6) is 1.18. The van der Waals surface area contributed by atoms with Crippen molar-refractivity contribution >= 4 is 41.9 Å². The molecular weight excluding hydrogens is 450 g/mol. The summed E-state index contributed by atoms with van der Waals surface area (Å²) in [5, 5.41) is 0. The number of hydrogen-bond donors (Lipinski definition) is 0. The maximum Gasteiger partial charge on any atom is 0.244 e. The van der Waals surface area contributed by atoms with Crippen LogP contribution in [0, 0.1) is 0 Å². The Kier molecular flexibility index (Phi) is 3.03. The summed E-state index contributed by atoms with van der Waals surface area (Å²) in [6.45, 7) is 0.150. The zero-order valence-electron chi connectivity index (χ0n) is 12.2. The molecule has 1 aromatic rings. The molecule has 2 fully saturated rings. The van der Waals surface area contributed by atoms with Gasteiger partial charge in [0.25, 0.3) is 0 Å². The molecule has 1 aliphatic carbocycles. The molecule has 23 heavy (non-hydrogen) atoms. The first-order valence-electron chi connectivity index (χ1n) is 7.74. The molecule has 124 valence electrons. The third-order valence-corrected chi connectivity index (χ3v) is 10.9. The minimum atomic E-state index is -3.55. The molecule has 1 aromatic carbocycles. The van der Waals surface area contributed by atoms with Gasteiger partial charge in [-0.3, -0.25) is 0 Å². The number of sulfonamides is 1. The standard InChI is InChI=1S/C15H15Br2NO4S/c16-13-14(17)18-12-3-1-2-4-15(12,13)8-5-9-10(22-7-21-9)6-11(8)23(18,19)20/h5-6,12-14H,1-4,7H2/t12-,13+,14-,15+/m1/s1. The van der Waals surface area contributed by atoms with Crippen LogP contribution >= 0.6 is 31.9 Å². The molecule has 0 amide bonds. The zero-order chi connectivity index (χ0) is 16.0. The van der Waals surface area contributed by atoms with Crippen LogP contribution in [0.1, 0.15) is 31.2 Å². The lowest BCUT2D eigenvalue weighted by atomic mass is 9.66. The molecule has 0 radical (unpaired) electrons. The fourth-order valence-corrected chi connectivity index (χ4v) is 9.41. The summed E-state index contributed by atoms with van der Waals surface area (Å²) >= 11 is 7.46. The Morgan fingerprint density at radius 3 is 2.70 bits per heavy atom. The highest BCUT2D eigenvalue weighted by Gasteiger charge is 2.66. The van der Waals surface area contributed by atoms with E-state index in [2.05, 4.69) is 31.9 Å². The van der Waals surface area contributed by atoms with Gasteiger partial charge in [-0.05, 0) is 24.5 Å². The Labute approximate surface area is 151 Å². The molecule has 1 saturated carbocycles. The van der Waals surface area contributed by atoms with Gasteiger partial charge < -0.3 is 9.47 Å². The van der Waals surface area contributed by atoms with Crippen LogP contribution in [0.2, 0.25) is 0 Å². The summed E-state index contributed by atoms with van der Waals surface area (Å²) in [5.41, 5.74) is 0.695. The first kappa shape index (κ1) is 15.0. The Morgan fingerprint density at radius 1 is 1.17 bits per heavy atom. The maximum absolute atomic E-state index is 13.2. The molecule has 0 aromatic heterocycles. The van der Waals surface area contributed by atoms with Crippen molar-refractivity contribution in [1.29, 1.82) is 0 Å². The average molecular weight is 465 g/mol. The van der Waals surface area contributed by atoms with Crippen molar-refractivity contribution in [3.05, 3.63) is 17.7 Å². The van der Waals surface area contributed by atoms with Gasteiger partial charge in [-0.1, -0.05) is 44.7 Å². The fraction of sp³-hybridized carbons (Fsp3) is 0.600. The molecule has 0 N–H and O–H groups in total. The highest BCUT2D eigenvalue weighted by Crippen LogP contribution is 2.62. The van der Waals surface area contributed by atoms with Crippen LogP contribution in [0.3, 0.4) is 0 Å². The maximum atomic E-state index is 13.2. The quantitative estimate of drug-likeness (QED) is 0.437. The molecule has 3 heterocycles. The minimum Gasteiger partial charge on any atom is -0.454 e. The predicted molar refractivity (Wildman–Crippen MR) is 91.0 cm³/mol. The molecule has 5 rings (SSSR count). The van der Waals surface area contributed by atoms with E-state index in [1.54, 1.807) is 10.4 Å². The van der Waals surface area contributed by atoms with Gasteiger partial charge in [0, 0.05) is 17.5 Å². The number of halogens is 2. The second-order valence-electron chi connectivity index (χ2n) is 6.61. The van der Waals surface area contributed by atoms with Gasteiger partial charge in [0.1, 0.15) is 0 Å². The van der Waals surface area contributed by atoms with Gasteiger partial charge in [0.15, 0.2) is 11.5 Å². The number of nitrogens with zero attached hydrogens (tertiary/aromatic N) is 1. The van der Waals surface area contributed by atoms with Gasteiger partial charge >= 0.3 is 0 Å². The number of alkyl halides is 2. The van der Waals surface area contributed by atoms with E-state index in [1.807, 2.05) is 6.07 Å². The smallest absolute Gasteiger partial charge is 0.244 e. The van der Waals surface area contributed by atoms with E-state index in [0.717, 1.165) is 31.2 Å². The van der Waals surface area contributed by atoms with Gasteiger partial charge in [-0.2, -0.15) is 4.31 Å². The first-order valence-corrected chi connectivity index (χ1v) is 11.0. The van der Waals surface area contributed by atoms with E-state index >= 15 is 0 Å². The molecule has 0 spiro atoms. The molecule has 8 heteroatoms. The molecule has 4 aliphatic rings. The number of fused-ring (bicyclic) bond motifs is 2. The van der Waals surface area contributed by atoms with Crippen molar-refractivity contribution < 1.29 is 17.9 Å². The Hall–Kier alpha value is -0.310. The van der Waals surface area contributed by atoms with Crippen LogP contribution in [0.5, 0.6) is 11.5 Å². The van der Waals surface area contributed by atoms with Gasteiger partial charge in [0.05, 0.1) is 14.7 Å². The predicted octanol–water partition coefficient (Wildman–Crippen LogP) is 3.10. The number of hydrogen-bond acceptors (Lipinski definition) is 4. The molecule has 1 saturated heterocycles. The SMILES string of the molecule is O=S1(=O)c2cc3c(cc2[C@@]24CCCC[C@H]2N1[C@@H](Br)[C@@H]4Br)OCO3. The Balaban J connectivity index is 1.87.